The molecule has 3 aliphatic rings. The lowest BCUT2D eigenvalue weighted by Crippen LogP contribution is -2.41. The average Bonchev–Trinajstić information content (AvgIpc) is 3.55. The van der Waals surface area contributed by atoms with Crippen LogP contribution >= 0.6 is 0 Å². The van der Waals surface area contributed by atoms with Gasteiger partial charge in [0.05, 0.1) is 18.0 Å². The number of fused-ring (bicyclic) bond motifs is 4. The summed E-state index contributed by atoms with van der Waals surface area (Å²) in [4.78, 5) is 35.2. The van der Waals surface area contributed by atoms with Gasteiger partial charge < -0.3 is 24.5 Å². The van der Waals surface area contributed by atoms with Crippen molar-refractivity contribution in [1.29, 1.82) is 0 Å². The van der Waals surface area contributed by atoms with Crippen molar-refractivity contribution >= 4 is 23.1 Å². The molecule has 7 rings (SSSR count). The first-order chi connectivity index (χ1) is 20.3. The van der Waals surface area contributed by atoms with Crippen molar-refractivity contribution in [2.24, 2.45) is 7.05 Å². The smallest absolute Gasteiger partial charge is 0.293 e. The van der Waals surface area contributed by atoms with Crippen LogP contribution in [-0.2, 0) is 46.1 Å². The number of amides is 1. The molecule has 0 fully saturated rings. The number of aromatic nitrogens is 3. The summed E-state index contributed by atoms with van der Waals surface area (Å²) in [5.41, 5.74) is 7.23. The molecule has 0 saturated carbocycles. The Morgan fingerprint density at radius 2 is 1.79 bits per heavy atom. The van der Waals surface area contributed by atoms with Gasteiger partial charge in [-0.3, -0.25) is 14.5 Å². The van der Waals surface area contributed by atoms with Crippen LogP contribution in [-0.4, -0.2) is 43.6 Å². The van der Waals surface area contributed by atoms with E-state index in [0.29, 0.717) is 41.3 Å². The Kier molecular flexibility index (Phi) is 6.47. The van der Waals surface area contributed by atoms with E-state index in [1.165, 1.54) is 45.3 Å². The van der Waals surface area contributed by atoms with Gasteiger partial charge in [-0.1, -0.05) is 6.07 Å². The van der Waals surface area contributed by atoms with Crippen molar-refractivity contribution < 1.29 is 14.3 Å². The molecule has 2 aromatic heterocycles. The number of benzene rings is 2. The van der Waals surface area contributed by atoms with E-state index < -0.39 is 12.4 Å². The molecule has 216 valence electrons. The number of aliphatic hydroxyl groups is 1. The number of carbonyl (C=O) groups excluding carboxylic acids is 1. The second kappa shape index (κ2) is 10.2. The summed E-state index contributed by atoms with van der Waals surface area (Å²) in [5, 5.41) is 13.7. The third kappa shape index (κ3) is 4.42. The Hall–Kier alpha value is -4.28. The van der Waals surface area contributed by atoms with Crippen molar-refractivity contribution in [3.8, 4) is 11.3 Å². The summed E-state index contributed by atoms with van der Waals surface area (Å²) in [5.74, 6) is -0.674. The van der Waals surface area contributed by atoms with E-state index in [4.69, 9.17) is 0 Å². The third-order valence-electron chi connectivity index (χ3n) is 8.76. The molecule has 0 bridgehead atoms. The molecule has 0 atom stereocenters. The molecule has 42 heavy (non-hydrogen) atoms. The van der Waals surface area contributed by atoms with E-state index in [1.807, 2.05) is 24.3 Å². The molecule has 2 N–H and O–H groups in total. The highest BCUT2D eigenvalue weighted by molar-refractivity contribution is 6.07. The number of hydrogen-bond donors (Lipinski definition) is 2. The van der Waals surface area contributed by atoms with Crippen LogP contribution < -0.4 is 15.8 Å². The van der Waals surface area contributed by atoms with Crippen molar-refractivity contribution in [2.75, 3.05) is 23.8 Å². The van der Waals surface area contributed by atoms with Gasteiger partial charge in [-0.15, -0.1) is 0 Å². The summed E-state index contributed by atoms with van der Waals surface area (Å²) in [6.07, 6.45) is 5.69. The fraction of sp³-hybridized carbons (Fsp3) is 0.344. The minimum Gasteiger partial charge on any atom is -0.392 e. The van der Waals surface area contributed by atoms with Gasteiger partial charge in [-0.25, -0.2) is 9.37 Å². The molecular weight excluding hydrogens is 535 g/mol. The number of rotatable bonds is 5. The van der Waals surface area contributed by atoms with E-state index in [0.717, 1.165) is 44.5 Å². The molecule has 0 radical (unpaired) electrons. The predicted molar refractivity (Wildman–Crippen MR) is 158 cm³/mol. The first-order valence-corrected chi connectivity index (χ1v) is 14.4. The van der Waals surface area contributed by atoms with Crippen molar-refractivity contribution in [1.82, 2.24) is 19.0 Å². The molecule has 0 unspecified atom stereocenters. The Morgan fingerprint density at radius 1 is 0.976 bits per heavy atom. The molecule has 4 heterocycles. The molecular formula is C32H33FN6O3. The topological polar surface area (TPSA) is 95.6 Å². The minimum absolute atomic E-state index is 0.0912. The average molecular weight is 569 g/mol. The van der Waals surface area contributed by atoms with Crippen LogP contribution in [0.4, 0.5) is 21.6 Å². The van der Waals surface area contributed by atoms with Gasteiger partial charge in [0.25, 0.3) is 11.5 Å². The first kappa shape index (κ1) is 26.6. The Morgan fingerprint density at radius 3 is 2.62 bits per heavy atom. The summed E-state index contributed by atoms with van der Waals surface area (Å²) in [6, 6.07) is 10.6. The molecule has 0 saturated heterocycles. The van der Waals surface area contributed by atoms with E-state index in [-0.39, 0.29) is 17.3 Å². The number of aliphatic hydroxyl groups excluding tert-OH is 1. The fourth-order valence-electron chi connectivity index (χ4n) is 6.72. The van der Waals surface area contributed by atoms with Gasteiger partial charge in [0.2, 0.25) is 0 Å². The summed E-state index contributed by atoms with van der Waals surface area (Å²) in [6.45, 7) is 2.24. The number of halogens is 1. The Bertz CT molecular complexity index is 1810. The SMILES string of the molecule is CN1Cc2ccc(Nc3nc(-c4cc(F)cc(N5CCn6c(cc7c6CCCC7)C5=O)c4CO)cn(C)c3=O)cc2C1. The molecule has 10 heteroatoms. The second-order valence-electron chi connectivity index (χ2n) is 11.6. The summed E-state index contributed by atoms with van der Waals surface area (Å²) < 4.78 is 18.7. The van der Waals surface area contributed by atoms with Crippen molar-refractivity contribution in [3.63, 3.8) is 0 Å². The fourth-order valence-corrected chi connectivity index (χ4v) is 6.72. The van der Waals surface area contributed by atoms with Crippen molar-refractivity contribution in [2.45, 2.75) is 51.9 Å². The standard InChI is InChI=1S/C32H33FN6O3/c1-36-15-20-7-8-23(11-21(20)16-36)34-30-32(42)37(2)17-26(35-30)24-13-22(33)14-28(25(24)18-40)39-10-9-38-27-6-4-3-5-19(27)12-29(38)31(39)41/h7-8,11-14,17,40H,3-6,9-10,15-16,18H2,1-2H3,(H,34,35). The number of aryl methyl sites for hydroxylation is 2. The van der Waals surface area contributed by atoms with Crippen LogP contribution in [0.25, 0.3) is 11.3 Å². The maximum Gasteiger partial charge on any atom is 0.293 e. The Labute approximate surface area is 242 Å². The lowest BCUT2D eigenvalue weighted by Gasteiger charge is -2.31. The number of nitrogens with one attached hydrogen (secondary N) is 1. The largest absolute Gasteiger partial charge is 0.392 e. The molecule has 1 aliphatic carbocycles. The molecule has 4 aromatic rings. The molecule has 9 nitrogen and oxygen atoms in total. The highest BCUT2D eigenvalue weighted by Gasteiger charge is 2.32. The maximum atomic E-state index is 15.2. The van der Waals surface area contributed by atoms with Gasteiger partial charge in [-0.2, -0.15) is 0 Å². The van der Waals surface area contributed by atoms with Crippen LogP contribution in [0.1, 0.15) is 51.3 Å². The van der Waals surface area contributed by atoms with Gasteiger partial charge in [0, 0.05) is 61.9 Å². The zero-order chi connectivity index (χ0) is 29.1. The number of nitrogens with zero attached hydrogens (tertiary/aromatic N) is 5. The molecule has 1 amide bonds. The predicted octanol–water partition coefficient (Wildman–Crippen LogP) is 4.11. The van der Waals surface area contributed by atoms with E-state index in [9.17, 15) is 14.7 Å². The lowest BCUT2D eigenvalue weighted by atomic mass is 9.98. The quantitative estimate of drug-likeness (QED) is 0.376. The van der Waals surface area contributed by atoms with Gasteiger partial charge in [-0.05, 0) is 79.8 Å². The lowest BCUT2D eigenvalue weighted by molar-refractivity contribution is 0.0964. The van der Waals surface area contributed by atoms with E-state index in [2.05, 4.69) is 26.8 Å². The van der Waals surface area contributed by atoms with Crippen LogP contribution in [0.5, 0.6) is 0 Å². The number of anilines is 3. The summed E-state index contributed by atoms with van der Waals surface area (Å²) >= 11 is 0. The minimum atomic E-state index is -0.557. The van der Waals surface area contributed by atoms with Crippen LogP contribution in [0.15, 0.2) is 47.4 Å². The molecule has 2 aromatic carbocycles. The monoisotopic (exact) mass is 568 g/mol. The number of carbonyl (C=O) groups is 1. The molecule has 2 aliphatic heterocycles. The van der Waals surface area contributed by atoms with Crippen LogP contribution in [0.3, 0.4) is 0 Å². The first-order valence-electron chi connectivity index (χ1n) is 14.4. The molecule has 0 spiro atoms. The third-order valence-corrected chi connectivity index (χ3v) is 8.76. The van der Waals surface area contributed by atoms with Crippen molar-refractivity contribution in [3.05, 3.63) is 92.4 Å². The normalized spacial score (nSPS) is 16.4. The highest BCUT2D eigenvalue weighted by atomic mass is 19.1. The zero-order valence-corrected chi connectivity index (χ0v) is 23.8. The highest BCUT2D eigenvalue weighted by Crippen LogP contribution is 2.36. The second-order valence-corrected chi connectivity index (χ2v) is 11.6. The van der Waals surface area contributed by atoms with Gasteiger partial charge in [0.15, 0.2) is 5.82 Å². The number of hydrogen-bond acceptors (Lipinski definition) is 6. The van der Waals surface area contributed by atoms with E-state index in [1.54, 1.807) is 11.9 Å². The van der Waals surface area contributed by atoms with E-state index >= 15 is 4.39 Å². The zero-order valence-electron chi connectivity index (χ0n) is 23.8. The van der Waals surface area contributed by atoms with Gasteiger partial charge >= 0.3 is 0 Å². The van der Waals surface area contributed by atoms with Crippen LogP contribution in [0, 0.1) is 5.82 Å². The maximum absolute atomic E-state index is 15.2. The summed E-state index contributed by atoms with van der Waals surface area (Å²) in [7, 11) is 3.67. The van der Waals surface area contributed by atoms with Crippen LogP contribution in [0.2, 0.25) is 0 Å². The Balaban J connectivity index is 1.27. The van der Waals surface area contributed by atoms with Gasteiger partial charge in [0.1, 0.15) is 11.5 Å².